The van der Waals surface area contributed by atoms with Crippen LogP contribution in [0.25, 0.3) is 16.8 Å². The molecular weight excluding hydrogens is 532 g/mol. The third-order valence-corrected chi connectivity index (χ3v) is 8.18. The Kier molecular flexibility index (Phi) is 7.35. The van der Waals surface area contributed by atoms with Crippen LogP contribution in [-0.4, -0.2) is 17.6 Å². The molecule has 0 saturated heterocycles. The summed E-state index contributed by atoms with van der Waals surface area (Å²) in [5, 5.41) is 2.34. The third kappa shape index (κ3) is 5.12. The number of aromatic nitrogens is 1. The Morgan fingerprint density at radius 3 is 2.54 bits per heavy atom. The third-order valence-electron chi connectivity index (χ3n) is 7.20. The van der Waals surface area contributed by atoms with Gasteiger partial charge in [0.1, 0.15) is 12.4 Å². The fourth-order valence-electron chi connectivity index (χ4n) is 5.24. The van der Waals surface area contributed by atoms with E-state index in [1.54, 1.807) is 4.57 Å². The molecule has 0 bridgehead atoms. The molecule has 5 aromatic rings. The number of methoxy groups -OCH3 is 1. The number of hydrogen-bond donors (Lipinski definition) is 0. The van der Waals surface area contributed by atoms with E-state index in [-0.39, 0.29) is 5.56 Å². The summed E-state index contributed by atoms with van der Waals surface area (Å²) < 4.78 is 13.4. The Morgan fingerprint density at radius 1 is 0.976 bits per heavy atom. The molecule has 41 heavy (non-hydrogen) atoms. The van der Waals surface area contributed by atoms with Crippen LogP contribution in [0, 0.1) is 0 Å². The van der Waals surface area contributed by atoms with Crippen LogP contribution in [0.15, 0.2) is 118 Å². The first kappa shape index (κ1) is 26.5. The van der Waals surface area contributed by atoms with E-state index in [1.807, 2.05) is 85.8 Å². The number of benzene rings is 4. The molecule has 1 aromatic heterocycles. The number of rotatable bonds is 7. The van der Waals surface area contributed by atoms with Crippen LogP contribution in [0.1, 0.15) is 36.1 Å². The summed E-state index contributed by atoms with van der Waals surface area (Å²) in [6, 6.07) is 31.1. The second-order valence-corrected chi connectivity index (χ2v) is 10.7. The van der Waals surface area contributed by atoms with Crippen LogP contribution in [-0.2, 0) is 16.1 Å². The van der Waals surface area contributed by atoms with E-state index in [2.05, 4.69) is 24.3 Å². The van der Waals surface area contributed by atoms with Gasteiger partial charge < -0.3 is 9.47 Å². The average molecular weight is 561 g/mol. The van der Waals surface area contributed by atoms with Crippen LogP contribution in [0.3, 0.4) is 0 Å². The fraction of sp³-hybridized carbons (Fsp3) is 0.147. The Labute approximate surface area is 241 Å². The lowest BCUT2D eigenvalue weighted by Crippen LogP contribution is -2.40. The molecule has 0 N–H and O–H groups in total. The minimum absolute atomic E-state index is 0.207. The summed E-state index contributed by atoms with van der Waals surface area (Å²) >= 11 is 1.31. The summed E-state index contributed by atoms with van der Waals surface area (Å²) in [6.45, 7) is 2.38. The van der Waals surface area contributed by atoms with Crippen molar-refractivity contribution in [3.05, 3.63) is 145 Å². The molecule has 0 aliphatic carbocycles. The van der Waals surface area contributed by atoms with Crippen molar-refractivity contribution in [3.8, 4) is 5.75 Å². The monoisotopic (exact) mass is 560 g/mol. The normalized spacial score (nSPS) is 15.0. The Hall–Kier alpha value is -4.75. The molecule has 6 rings (SSSR count). The van der Waals surface area contributed by atoms with Crippen molar-refractivity contribution >= 4 is 34.2 Å². The summed E-state index contributed by atoms with van der Waals surface area (Å²) in [4.78, 5) is 32.1. The van der Waals surface area contributed by atoms with Crippen molar-refractivity contribution in [2.24, 2.45) is 4.99 Å². The molecule has 0 saturated carbocycles. The van der Waals surface area contributed by atoms with Gasteiger partial charge in [0.25, 0.3) is 5.56 Å². The maximum Gasteiger partial charge on any atom is 0.338 e. The molecule has 0 fully saturated rings. The predicted octanol–water partition coefficient (Wildman–Crippen LogP) is 5.53. The maximum absolute atomic E-state index is 13.8. The standard InChI is InChI=1S/C34H28N2O4S/c1-3-28-30(33(38)39-2)31(24-13-5-4-6-14-24)36-32(37)29(41-34(36)35-28)20-22-11-9-17-26(19-22)40-21-25-16-10-15-23-12-7-8-18-27(23)25/h4-20,31H,3,21H2,1-2H3/b29-20+/t31-/m1/s1. The van der Waals surface area contributed by atoms with Gasteiger partial charge in [-0.2, -0.15) is 0 Å². The molecular formula is C34H28N2O4S. The molecule has 0 unspecified atom stereocenters. The zero-order chi connectivity index (χ0) is 28.3. The van der Waals surface area contributed by atoms with Gasteiger partial charge in [-0.15, -0.1) is 0 Å². The van der Waals surface area contributed by atoms with E-state index >= 15 is 0 Å². The van der Waals surface area contributed by atoms with Gasteiger partial charge in [0.2, 0.25) is 0 Å². The van der Waals surface area contributed by atoms with E-state index in [9.17, 15) is 9.59 Å². The molecule has 4 aromatic carbocycles. The number of ether oxygens (including phenoxy) is 2. The van der Waals surface area contributed by atoms with Gasteiger partial charge in [-0.05, 0) is 52.1 Å². The van der Waals surface area contributed by atoms with E-state index in [0.717, 1.165) is 22.1 Å². The molecule has 7 heteroatoms. The van der Waals surface area contributed by atoms with Crippen LogP contribution in [0.5, 0.6) is 5.75 Å². The van der Waals surface area contributed by atoms with Crippen LogP contribution < -0.4 is 19.6 Å². The molecule has 0 amide bonds. The quantitative estimate of drug-likeness (QED) is 0.246. The van der Waals surface area contributed by atoms with Gasteiger partial charge in [-0.1, -0.05) is 103 Å². The molecule has 0 radical (unpaired) electrons. The lowest BCUT2D eigenvalue weighted by Gasteiger charge is -2.25. The van der Waals surface area contributed by atoms with E-state index < -0.39 is 12.0 Å². The van der Waals surface area contributed by atoms with E-state index in [4.69, 9.17) is 14.5 Å². The smallest absolute Gasteiger partial charge is 0.338 e. The number of allylic oxidation sites excluding steroid dienone is 1. The van der Waals surface area contributed by atoms with E-state index in [1.165, 1.54) is 23.8 Å². The number of fused-ring (bicyclic) bond motifs is 2. The fourth-order valence-corrected chi connectivity index (χ4v) is 6.26. The molecule has 6 nitrogen and oxygen atoms in total. The summed E-state index contributed by atoms with van der Waals surface area (Å²) in [5.41, 5.74) is 3.58. The number of thiazole rings is 1. The highest BCUT2D eigenvalue weighted by atomic mass is 32.1. The molecule has 1 aliphatic heterocycles. The van der Waals surface area contributed by atoms with Crippen molar-refractivity contribution in [1.82, 2.24) is 4.57 Å². The first-order valence-electron chi connectivity index (χ1n) is 13.4. The first-order chi connectivity index (χ1) is 20.1. The van der Waals surface area contributed by atoms with Gasteiger partial charge in [0.15, 0.2) is 4.80 Å². The lowest BCUT2D eigenvalue weighted by atomic mass is 9.95. The number of carbonyl (C=O) groups excluding carboxylic acids is 1. The Balaban J connectivity index is 1.37. The maximum atomic E-state index is 13.8. The molecule has 0 spiro atoms. The largest absolute Gasteiger partial charge is 0.489 e. The van der Waals surface area contributed by atoms with Crippen molar-refractivity contribution in [2.75, 3.05) is 7.11 Å². The molecule has 204 valence electrons. The highest BCUT2D eigenvalue weighted by molar-refractivity contribution is 7.07. The van der Waals surface area contributed by atoms with Gasteiger partial charge in [-0.25, -0.2) is 9.79 Å². The van der Waals surface area contributed by atoms with Gasteiger partial charge >= 0.3 is 5.97 Å². The molecule has 1 aliphatic rings. The second-order valence-electron chi connectivity index (χ2n) is 9.70. The topological polar surface area (TPSA) is 69.9 Å². The van der Waals surface area contributed by atoms with Gasteiger partial charge in [0.05, 0.1) is 29.0 Å². The summed E-state index contributed by atoms with van der Waals surface area (Å²) in [6.07, 6.45) is 2.39. The van der Waals surface area contributed by atoms with Crippen molar-refractivity contribution in [1.29, 1.82) is 0 Å². The number of hydrogen-bond acceptors (Lipinski definition) is 6. The van der Waals surface area contributed by atoms with Crippen LogP contribution in [0.4, 0.5) is 0 Å². The highest BCUT2D eigenvalue weighted by Gasteiger charge is 2.33. The van der Waals surface area contributed by atoms with Crippen molar-refractivity contribution in [3.63, 3.8) is 0 Å². The minimum Gasteiger partial charge on any atom is -0.489 e. The molecule has 1 atom stereocenters. The zero-order valence-electron chi connectivity index (χ0n) is 22.7. The van der Waals surface area contributed by atoms with Crippen LogP contribution in [0.2, 0.25) is 0 Å². The molecule has 2 heterocycles. The summed E-state index contributed by atoms with van der Waals surface area (Å²) in [5.74, 6) is 0.229. The number of nitrogens with zero attached hydrogens (tertiary/aromatic N) is 2. The van der Waals surface area contributed by atoms with E-state index in [0.29, 0.717) is 39.4 Å². The Morgan fingerprint density at radius 2 is 1.73 bits per heavy atom. The van der Waals surface area contributed by atoms with Crippen molar-refractivity contribution in [2.45, 2.75) is 26.0 Å². The SMILES string of the molecule is CCC1=C(C(=O)OC)[C@@H](c2ccccc2)n2c(s/c(=C/c3cccc(OCc4cccc5ccccc45)c3)c2=O)=N1. The lowest BCUT2D eigenvalue weighted by molar-refractivity contribution is -0.136. The van der Waals surface area contributed by atoms with Gasteiger partial charge in [0, 0.05) is 0 Å². The highest BCUT2D eigenvalue weighted by Crippen LogP contribution is 2.31. The summed E-state index contributed by atoms with van der Waals surface area (Å²) in [7, 11) is 1.35. The number of carbonyl (C=O) groups is 1. The number of esters is 1. The average Bonchev–Trinajstić information content (AvgIpc) is 3.33. The zero-order valence-corrected chi connectivity index (χ0v) is 23.6. The van der Waals surface area contributed by atoms with Gasteiger partial charge in [-0.3, -0.25) is 9.36 Å². The van der Waals surface area contributed by atoms with Crippen LogP contribution >= 0.6 is 11.3 Å². The second kappa shape index (κ2) is 11.4. The first-order valence-corrected chi connectivity index (χ1v) is 14.3. The predicted molar refractivity (Wildman–Crippen MR) is 162 cm³/mol. The van der Waals surface area contributed by atoms with Crippen molar-refractivity contribution < 1.29 is 14.3 Å². The minimum atomic E-state index is -0.618. The Bertz CT molecular complexity index is 1970.